The Labute approximate surface area is 232 Å². The number of carbonyl (C=O) groups excluding carboxylic acids is 1. The second-order valence-corrected chi connectivity index (χ2v) is 12.3. The zero-order valence-electron chi connectivity index (χ0n) is 21.7. The number of fused-ring (bicyclic) bond motifs is 1. The number of nitrogens with zero attached hydrogens (tertiary/aromatic N) is 2. The van der Waals surface area contributed by atoms with Gasteiger partial charge in [0.2, 0.25) is 5.88 Å². The normalized spacial score (nSPS) is 12.9. The predicted octanol–water partition coefficient (Wildman–Crippen LogP) is 5.16. The third-order valence-corrected chi connectivity index (χ3v) is 9.18. The summed E-state index contributed by atoms with van der Waals surface area (Å²) in [7, 11) is -3.39. The van der Waals surface area contributed by atoms with Crippen LogP contribution in [0.5, 0.6) is 5.88 Å². The Morgan fingerprint density at radius 1 is 1.07 bits per heavy atom. The molecular formula is C27H26F3N3O5S2. The second kappa shape index (κ2) is 11.5. The van der Waals surface area contributed by atoms with E-state index in [1.165, 1.54) is 24.3 Å². The number of alkyl halides is 3. The molecule has 0 aliphatic rings. The zero-order chi connectivity index (χ0) is 29.2. The van der Waals surface area contributed by atoms with E-state index in [-0.39, 0.29) is 23.1 Å². The minimum absolute atomic E-state index is 0.0448. The molecule has 8 nitrogen and oxygen atoms in total. The number of halogens is 3. The van der Waals surface area contributed by atoms with Crippen LogP contribution in [0.25, 0.3) is 10.2 Å². The van der Waals surface area contributed by atoms with E-state index in [9.17, 15) is 31.5 Å². The first kappa shape index (κ1) is 29.4. The van der Waals surface area contributed by atoms with Gasteiger partial charge < -0.3 is 15.2 Å². The van der Waals surface area contributed by atoms with Crippen LogP contribution in [0.15, 0.2) is 53.4 Å². The van der Waals surface area contributed by atoms with E-state index in [1.807, 2.05) is 0 Å². The Bertz CT molecular complexity index is 1640. The lowest BCUT2D eigenvalue weighted by Gasteiger charge is -2.17. The van der Waals surface area contributed by atoms with Crippen LogP contribution >= 0.6 is 11.3 Å². The SMILES string of the molecule is CCS(=O)(=O)c1ccc([C@H](CO)NC(=O)c2sc3nc(C)nc(OCc4ccc(C(F)(F)F)cc4)c3c2C)cc1. The van der Waals surface area contributed by atoms with Crippen LogP contribution in [0.2, 0.25) is 0 Å². The van der Waals surface area contributed by atoms with Crippen LogP contribution in [0.4, 0.5) is 13.2 Å². The highest BCUT2D eigenvalue weighted by Gasteiger charge is 2.30. The molecule has 0 radical (unpaired) electrons. The molecule has 4 rings (SSSR count). The average molecular weight is 594 g/mol. The minimum atomic E-state index is -4.44. The van der Waals surface area contributed by atoms with Gasteiger partial charge in [-0.25, -0.2) is 13.4 Å². The molecule has 1 atom stereocenters. The molecule has 212 valence electrons. The molecule has 4 aromatic rings. The number of aromatic nitrogens is 2. The fraction of sp³-hybridized carbons (Fsp3) is 0.296. The molecule has 2 aromatic heterocycles. The van der Waals surface area contributed by atoms with Crippen molar-refractivity contribution < 1.29 is 36.2 Å². The molecule has 1 amide bonds. The highest BCUT2D eigenvalue weighted by molar-refractivity contribution is 7.91. The van der Waals surface area contributed by atoms with E-state index in [0.29, 0.717) is 37.6 Å². The highest BCUT2D eigenvalue weighted by atomic mass is 32.2. The molecule has 0 unspecified atom stereocenters. The van der Waals surface area contributed by atoms with Crippen LogP contribution in [0.3, 0.4) is 0 Å². The Kier molecular flexibility index (Phi) is 8.47. The fourth-order valence-electron chi connectivity index (χ4n) is 4.00. The number of benzene rings is 2. The maximum atomic E-state index is 13.3. The molecule has 0 spiro atoms. The molecule has 40 heavy (non-hydrogen) atoms. The van der Waals surface area contributed by atoms with E-state index < -0.39 is 40.1 Å². The number of carbonyl (C=O) groups is 1. The lowest BCUT2D eigenvalue weighted by molar-refractivity contribution is -0.137. The summed E-state index contributed by atoms with van der Waals surface area (Å²) >= 11 is 1.11. The van der Waals surface area contributed by atoms with E-state index in [2.05, 4.69) is 15.3 Å². The van der Waals surface area contributed by atoms with Gasteiger partial charge in [0.05, 0.1) is 39.1 Å². The minimum Gasteiger partial charge on any atom is -0.472 e. The molecule has 0 aliphatic heterocycles. The largest absolute Gasteiger partial charge is 0.472 e. The number of hydrogen-bond acceptors (Lipinski definition) is 8. The van der Waals surface area contributed by atoms with Gasteiger partial charge in [0, 0.05) is 0 Å². The van der Waals surface area contributed by atoms with Gasteiger partial charge in [0.25, 0.3) is 5.91 Å². The first-order valence-corrected chi connectivity index (χ1v) is 14.6. The van der Waals surface area contributed by atoms with E-state index in [4.69, 9.17) is 4.74 Å². The van der Waals surface area contributed by atoms with Gasteiger partial charge >= 0.3 is 6.18 Å². The van der Waals surface area contributed by atoms with Gasteiger partial charge in [-0.2, -0.15) is 18.2 Å². The first-order valence-electron chi connectivity index (χ1n) is 12.1. The lowest BCUT2D eigenvalue weighted by Crippen LogP contribution is -2.30. The number of sulfone groups is 1. The van der Waals surface area contributed by atoms with Crippen LogP contribution in [0, 0.1) is 13.8 Å². The smallest absolute Gasteiger partial charge is 0.416 e. The molecule has 13 heteroatoms. The first-order chi connectivity index (χ1) is 18.8. The van der Waals surface area contributed by atoms with Crippen molar-refractivity contribution >= 4 is 37.3 Å². The van der Waals surface area contributed by atoms with Crippen LogP contribution in [-0.4, -0.2) is 41.8 Å². The molecule has 0 aliphatic carbocycles. The van der Waals surface area contributed by atoms with Gasteiger partial charge in [-0.1, -0.05) is 31.2 Å². The van der Waals surface area contributed by atoms with Crippen molar-refractivity contribution in [1.29, 1.82) is 0 Å². The maximum Gasteiger partial charge on any atom is 0.416 e. The second-order valence-electron chi connectivity index (χ2n) is 8.98. The summed E-state index contributed by atoms with van der Waals surface area (Å²) in [5, 5.41) is 13.2. The van der Waals surface area contributed by atoms with Crippen LogP contribution in [0.1, 0.15) is 50.7 Å². The van der Waals surface area contributed by atoms with Crippen molar-refractivity contribution in [3.8, 4) is 5.88 Å². The number of nitrogens with one attached hydrogen (secondary N) is 1. The maximum absolute atomic E-state index is 13.3. The Morgan fingerprint density at radius 2 is 1.73 bits per heavy atom. The molecule has 2 heterocycles. The van der Waals surface area contributed by atoms with Gasteiger partial charge in [-0.15, -0.1) is 11.3 Å². The topological polar surface area (TPSA) is 118 Å². The number of hydrogen-bond donors (Lipinski definition) is 2. The standard InChI is InChI=1S/C27H26F3N3O5S2/c1-4-40(36,37)20-11-7-18(8-12-20)21(13-34)33-24(35)23-15(2)22-25(31-16(3)32-26(22)39-23)38-14-17-5-9-19(10-6-17)27(28,29)30/h5-12,21,34H,4,13-14H2,1-3H3,(H,33,35)/t21-/m0/s1. The average Bonchev–Trinajstić information content (AvgIpc) is 3.26. The predicted molar refractivity (Wildman–Crippen MR) is 144 cm³/mol. The summed E-state index contributed by atoms with van der Waals surface area (Å²) in [6.45, 7) is 4.44. The van der Waals surface area contributed by atoms with E-state index >= 15 is 0 Å². The summed E-state index contributed by atoms with van der Waals surface area (Å²) in [4.78, 5) is 23.0. The van der Waals surface area contributed by atoms with Crippen molar-refractivity contribution in [2.24, 2.45) is 0 Å². The number of amides is 1. The Hall–Kier alpha value is -3.55. The summed E-state index contributed by atoms with van der Waals surface area (Å²) < 4.78 is 68.6. The summed E-state index contributed by atoms with van der Waals surface area (Å²) in [6.07, 6.45) is -4.44. The molecule has 0 saturated carbocycles. The third kappa shape index (κ3) is 6.26. The molecule has 2 N–H and O–H groups in total. The monoisotopic (exact) mass is 593 g/mol. The van der Waals surface area contributed by atoms with Crippen molar-refractivity contribution in [3.63, 3.8) is 0 Å². The van der Waals surface area contributed by atoms with Gasteiger partial charge in [-0.05, 0) is 54.8 Å². The third-order valence-electron chi connectivity index (χ3n) is 6.24. The lowest BCUT2D eigenvalue weighted by atomic mass is 10.1. The summed E-state index contributed by atoms with van der Waals surface area (Å²) in [5.74, 6) is 0.0621. The van der Waals surface area contributed by atoms with E-state index in [0.717, 1.165) is 23.5 Å². The molecule has 2 aromatic carbocycles. The van der Waals surface area contributed by atoms with Gasteiger partial charge in [-0.3, -0.25) is 4.79 Å². The molecule has 0 fully saturated rings. The number of thiophene rings is 1. The number of ether oxygens (including phenoxy) is 1. The summed E-state index contributed by atoms with van der Waals surface area (Å²) in [5.41, 5.74) is 0.817. The molecule has 0 bridgehead atoms. The summed E-state index contributed by atoms with van der Waals surface area (Å²) in [6, 6.07) is 9.78. The number of rotatable bonds is 9. The quantitative estimate of drug-likeness (QED) is 0.275. The number of aliphatic hydroxyl groups excluding tert-OH is 1. The van der Waals surface area contributed by atoms with Crippen LogP contribution in [-0.2, 0) is 22.6 Å². The molecular weight excluding hydrogens is 567 g/mol. The Balaban J connectivity index is 1.56. The van der Waals surface area contributed by atoms with Crippen LogP contribution < -0.4 is 10.1 Å². The number of aryl methyl sites for hydroxylation is 2. The molecule has 0 saturated heterocycles. The fourth-order valence-corrected chi connectivity index (χ4v) is 6.00. The van der Waals surface area contributed by atoms with Crippen molar-refractivity contribution in [1.82, 2.24) is 15.3 Å². The zero-order valence-corrected chi connectivity index (χ0v) is 23.4. The van der Waals surface area contributed by atoms with Crippen molar-refractivity contribution in [2.45, 2.75) is 44.5 Å². The highest BCUT2D eigenvalue weighted by Crippen LogP contribution is 2.36. The van der Waals surface area contributed by atoms with Gasteiger partial charge in [0.15, 0.2) is 9.84 Å². The van der Waals surface area contributed by atoms with E-state index in [1.54, 1.807) is 32.9 Å². The number of aliphatic hydroxyl groups is 1. The Morgan fingerprint density at radius 3 is 2.30 bits per heavy atom. The van der Waals surface area contributed by atoms with Crippen molar-refractivity contribution in [3.05, 3.63) is 81.5 Å². The van der Waals surface area contributed by atoms with Crippen molar-refractivity contribution in [2.75, 3.05) is 12.4 Å². The van der Waals surface area contributed by atoms with Gasteiger partial charge in [0.1, 0.15) is 17.3 Å².